The number of hydrogen-bond acceptors (Lipinski definition) is 7. The number of carbonyl (C=O) groups excluding carboxylic acids is 4. The average Bonchev–Trinajstić information content (AvgIpc) is 3.22. The molecule has 0 aliphatic carbocycles. The molecule has 1 aliphatic rings. The van der Waals surface area contributed by atoms with Crippen molar-refractivity contribution in [3.8, 4) is 0 Å². The number of benzene rings is 1. The maximum Gasteiger partial charge on any atom is 0.426 e. The van der Waals surface area contributed by atoms with Crippen molar-refractivity contribution >= 4 is 23.9 Å². The number of cyclic esters (lactones) is 1. The topological polar surface area (TPSA) is 126 Å². The summed E-state index contributed by atoms with van der Waals surface area (Å²) >= 11 is 0. The molecule has 1 aromatic carbocycles. The smallest absolute Gasteiger partial charge is 0.426 e. The summed E-state index contributed by atoms with van der Waals surface area (Å²) in [6, 6.07) is 7.44. The van der Waals surface area contributed by atoms with Crippen LogP contribution in [0.2, 0.25) is 0 Å². The van der Waals surface area contributed by atoms with E-state index in [0.717, 1.165) is 24.8 Å². The highest BCUT2D eigenvalue weighted by Gasteiger charge is 2.40. The average molecular weight is 519 g/mol. The second-order valence-corrected chi connectivity index (χ2v) is 10.2. The van der Waals surface area contributed by atoms with Crippen molar-refractivity contribution in [1.82, 2.24) is 21.1 Å². The molecular weight excluding hydrogens is 476 g/mol. The van der Waals surface area contributed by atoms with E-state index in [4.69, 9.17) is 9.47 Å². The van der Waals surface area contributed by atoms with Crippen molar-refractivity contribution in [3.05, 3.63) is 35.9 Å². The highest BCUT2D eigenvalue weighted by atomic mass is 16.6. The molecule has 1 unspecified atom stereocenters. The Morgan fingerprint density at radius 2 is 1.65 bits per heavy atom. The van der Waals surface area contributed by atoms with Crippen LogP contribution in [-0.2, 0) is 25.7 Å². The van der Waals surface area contributed by atoms with Gasteiger partial charge in [0.25, 0.3) is 0 Å². The number of unbranched alkanes of at least 4 members (excludes halogenated alkanes) is 2. The third kappa shape index (κ3) is 10.4. The zero-order valence-electron chi connectivity index (χ0n) is 22.6. The van der Waals surface area contributed by atoms with Crippen LogP contribution in [0.5, 0.6) is 0 Å². The van der Waals surface area contributed by atoms with E-state index in [1.54, 1.807) is 0 Å². The predicted molar refractivity (Wildman–Crippen MR) is 139 cm³/mol. The van der Waals surface area contributed by atoms with Crippen LogP contribution in [0.15, 0.2) is 30.3 Å². The first-order chi connectivity index (χ1) is 17.6. The molecule has 1 fully saturated rings. The summed E-state index contributed by atoms with van der Waals surface area (Å²) in [7, 11) is 0. The molecule has 0 radical (unpaired) electrons. The first-order valence-electron chi connectivity index (χ1n) is 13.2. The van der Waals surface area contributed by atoms with Gasteiger partial charge < -0.3 is 20.1 Å². The van der Waals surface area contributed by atoms with Gasteiger partial charge in [-0.2, -0.15) is 5.43 Å². The summed E-state index contributed by atoms with van der Waals surface area (Å²) in [5, 5.41) is 6.72. The van der Waals surface area contributed by atoms with E-state index in [9.17, 15) is 19.2 Å². The highest BCUT2D eigenvalue weighted by Crippen LogP contribution is 2.15. The Kier molecular flexibility index (Phi) is 12.4. The lowest BCUT2D eigenvalue weighted by atomic mass is 9.97. The van der Waals surface area contributed by atoms with Crippen LogP contribution in [0.4, 0.5) is 9.59 Å². The number of rotatable bonds is 15. The number of ketones is 1. The van der Waals surface area contributed by atoms with Crippen LogP contribution >= 0.6 is 0 Å². The summed E-state index contributed by atoms with van der Waals surface area (Å²) in [5.74, 6) is -0.755. The van der Waals surface area contributed by atoms with Crippen LogP contribution in [0.25, 0.3) is 0 Å². The van der Waals surface area contributed by atoms with Crippen molar-refractivity contribution in [2.24, 2.45) is 11.8 Å². The quantitative estimate of drug-likeness (QED) is 0.301. The molecule has 2 rings (SSSR count). The monoisotopic (exact) mass is 518 g/mol. The molecule has 3 amide bonds. The maximum absolute atomic E-state index is 13.3. The number of amides is 3. The second kappa shape index (κ2) is 15.2. The number of nitrogens with one attached hydrogen (secondary N) is 3. The van der Waals surface area contributed by atoms with Gasteiger partial charge in [-0.25, -0.2) is 14.6 Å². The molecule has 3 atom stereocenters. The normalized spacial score (nSPS) is 16.9. The minimum atomic E-state index is -1.18. The lowest BCUT2D eigenvalue weighted by Crippen LogP contribution is -2.55. The number of Topliss-reactive ketones (excluding diaryl/α,β-unsaturated/α-hetero) is 1. The van der Waals surface area contributed by atoms with Crippen LogP contribution in [0.3, 0.4) is 0 Å². The van der Waals surface area contributed by atoms with Gasteiger partial charge >= 0.3 is 12.2 Å². The fourth-order valence-corrected chi connectivity index (χ4v) is 3.97. The van der Waals surface area contributed by atoms with Crippen LogP contribution in [0.1, 0.15) is 72.3 Å². The van der Waals surface area contributed by atoms with Gasteiger partial charge in [0.05, 0.1) is 6.04 Å². The molecule has 37 heavy (non-hydrogen) atoms. The van der Waals surface area contributed by atoms with Gasteiger partial charge in [0, 0.05) is 6.54 Å². The Morgan fingerprint density at radius 3 is 2.27 bits per heavy atom. The number of ether oxygens (including phenoxy) is 2. The first-order valence-corrected chi connectivity index (χ1v) is 13.2. The zero-order valence-corrected chi connectivity index (χ0v) is 22.6. The molecule has 0 bridgehead atoms. The molecule has 10 heteroatoms. The van der Waals surface area contributed by atoms with E-state index < -0.39 is 42.2 Å². The van der Waals surface area contributed by atoms with Crippen molar-refractivity contribution in [3.63, 3.8) is 0 Å². The van der Waals surface area contributed by atoms with Gasteiger partial charge in [0.2, 0.25) is 17.9 Å². The molecule has 10 nitrogen and oxygen atoms in total. The number of alkyl carbamates (subject to hydrolysis) is 1. The van der Waals surface area contributed by atoms with Crippen LogP contribution in [-0.4, -0.2) is 53.7 Å². The van der Waals surface area contributed by atoms with Crippen LogP contribution in [0, 0.1) is 11.8 Å². The molecular formula is C27H42N4O6. The summed E-state index contributed by atoms with van der Waals surface area (Å²) in [4.78, 5) is 51.2. The minimum Gasteiger partial charge on any atom is -0.445 e. The van der Waals surface area contributed by atoms with Gasteiger partial charge in [0.1, 0.15) is 12.6 Å². The third-order valence-corrected chi connectivity index (χ3v) is 5.85. The summed E-state index contributed by atoms with van der Waals surface area (Å²) in [6.45, 7) is 10.3. The second-order valence-electron chi connectivity index (χ2n) is 10.2. The van der Waals surface area contributed by atoms with Crippen LogP contribution < -0.4 is 16.1 Å². The molecule has 1 heterocycles. The minimum absolute atomic E-state index is 0.0740. The molecule has 0 aromatic heterocycles. The van der Waals surface area contributed by atoms with E-state index in [1.807, 2.05) is 58.0 Å². The van der Waals surface area contributed by atoms with Crippen molar-refractivity contribution in [1.29, 1.82) is 0 Å². The third-order valence-electron chi connectivity index (χ3n) is 5.85. The fraction of sp³-hybridized carbons (Fsp3) is 0.630. The SMILES string of the molecule is CCCCCN1NC(C(=O)[C@H](CC(C)C)NC(=O)[C@H](CC(C)C)NC(=O)OCc2ccccc2)OC1=O. The molecule has 206 valence electrons. The van der Waals surface area contributed by atoms with Gasteiger partial charge in [-0.1, -0.05) is 77.8 Å². The first kappa shape index (κ1) is 30.1. The van der Waals surface area contributed by atoms with Gasteiger partial charge in [0.15, 0.2) is 0 Å². The standard InChI is InChI=1S/C27H42N4O6/c1-6-7-11-14-31-27(35)37-25(30-31)23(32)21(15-18(2)3)28-24(33)22(16-19(4)5)29-26(34)36-17-20-12-9-8-10-13-20/h8-10,12-13,18-19,21-22,25,30H,6-7,11,14-17H2,1-5H3,(H,28,33)(H,29,34)/t21-,22-,25?/m0/s1. The van der Waals surface area contributed by atoms with Gasteiger partial charge in [-0.3, -0.25) is 9.59 Å². The Hall–Kier alpha value is -3.14. The van der Waals surface area contributed by atoms with E-state index in [1.165, 1.54) is 5.01 Å². The van der Waals surface area contributed by atoms with E-state index in [2.05, 4.69) is 23.0 Å². The molecule has 1 aliphatic heterocycles. The maximum atomic E-state index is 13.3. The molecule has 0 spiro atoms. The number of carbonyl (C=O) groups is 4. The Bertz CT molecular complexity index is 892. The van der Waals surface area contributed by atoms with Crippen molar-refractivity contribution in [2.75, 3.05) is 6.54 Å². The molecule has 0 saturated carbocycles. The Labute approximate surface area is 219 Å². The van der Waals surface area contributed by atoms with Gasteiger partial charge in [-0.15, -0.1) is 0 Å². The number of hydrogen-bond donors (Lipinski definition) is 3. The zero-order chi connectivity index (χ0) is 27.4. The Morgan fingerprint density at radius 1 is 1.00 bits per heavy atom. The molecule has 3 N–H and O–H groups in total. The lowest BCUT2D eigenvalue weighted by Gasteiger charge is -2.25. The Balaban J connectivity index is 2.03. The number of nitrogens with zero attached hydrogens (tertiary/aromatic N) is 1. The van der Waals surface area contributed by atoms with Gasteiger partial charge in [-0.05, 0) is 36.7 Å². The highest BCUT2D eigenvalue weighted by molar-refractivity contribution is 5.95. The summed E-state index contributed by atoms with van der Waals surface area (Å²) in [6.07, 6.45) is 0.947. The summed E-state index contributed by atoms with van der Waals surface area (Å²) < 4.78 is 10.5. The van der Waals surface area contributed by atoms with Crippen molar-refractivity contribution in [2.45, 2.75) is 91.6 Å². The predicted octanol–water partition coefficient (Wildman–Crippen LogP) is 3.90. The fourth-order valence-electron chi connectivity index (χ4n) is 3.97. The van der Waals surface area contributed by atoms with E-state index in [0.29, 0.717) is 19.4 Å². The van der Waals surface area contributed by atoms with E-state index in [-0.39, 0.29) is 18.4 Å². The lowest BCUT2D eigenvalue weighted by molar-refractivity contribution is -0.134. The largest absolute Gasteiger partial charge is 0.445 e. The summed E-state index contributed by atoms with van der Waals surface area (Å²) in [5.41, 5.74) is 3.65. The molecule has 1 aromatic rings. The molecule has 1 saturated heterocycles. The van der Waals surface area contributed by atoms with E-state index >= 15 is 0 Å². The number of hydrazine groups is 1. The van der Waals surface area contributed by atoms with Crippen molar-refractivity contribution < 1.29 is 28.7 Å².